The summed E-state index contributed by atoms with van der Waals surface area (Å²) in [7, 11) is -0.672. The minimum Gasteiger partial charge on any atom is -0.352 e. The van der Waals surface area contributed by atoms with Crippen molar-refractivity contribution in [3.8, 4) is 0 Å². The number of nitrogens with zero attached hydrogens (tertiary/aromatic N) is 2. The van der Waals surface area contributed by atoms with Gasteiger partial charge in [-0.05, 0) is 37.5 Å². The summed E-state index contributed by atoms with van der Waals surface area (Å²) in [5.74, 6) is -0.126. The average Bonchev–Trinajstić information content (AvgIpc) is 2.82. The normalized spacial score (nSPS) is 15.8. The van der Waals surface area contributed by atoms with E-state index < -0.39 is 10.0 Å². The highest BCUT2D eigenvalue weighted by atomic mass is 32.2. The third-order valence-electron chi connectivity index (χ3n) is 4.44. The predicted molar refractivity (Wildman–Crippen MR) is 99.3 cm³/mol. The molecular formula is C18H27N3O4S. The van der Waals surface area contributed by atoms with Crippen LogP contribution in [0.2, 0.25) is 0 Å². The quantitative estimate of drug-likeness (QED) is 0.725. The van der Waals surface area contributed by atoms with Gasteiger partial charge in [0.2, 0.25) is 15.9 Å². The SMILES string of the molecule is CN(C)S(=O)(=O)c1cccc(C(=O)NCCCN2CCCCCC2=O)c1. The fourth-order valence-corrected chi connectivity index (χ4v) is 3.81. The van der Waals surface area contributed by atoms with Crippen LogP contribution in [0.1, 0.15) is 42.5 Å². The number of amides is 2. The van der Waals surface area contributed by atoms with Gasteiger partial charge in [-0.2, -0.15) is 0 Å². The molecule has 0 spiro atoms. The minimum atomic E-state index is -3.57. The van der Waals surface area contributed by atoms with E-state index in [0.717, 1.165) is 30.1 Å². The number of carbonyl (C=O) groups is 2. The van der Waals surface area contributed by atoms with Crippen LogP contribution in [-0.2, 0) is 14.8 Å². The number of benzene rings is 1. The number of sulfonamides is 1. The smallest absolute Gasteiger partial charge is 0.251 e. The summed E-state index contributed by atoms with van der Waals surface area (Å²) in [6.07, 6.45) is 4.36. The van der Waals surface area contributed by atoms with Crippen molar-refractivity contribution in [1.29, 1.82) is 0 Å². The summed E-state index contributed by atoms with van der Waals surface area (Å²) in [5.41, 5.74) is 0.304. The maximum atomic E-state index is 12.3. The Balaban J connectivity index is 1.87. The molecule has 26 heavy (non-hydrogen) atoms. The van der Waals surface area contributed by atoms with Crippen molar-refractivity contribution in [2.75, 3.05) is 33.7 Å². The number of nitrogens with one attached hydrogen (secondary N) is 1. The molecular weight excluding hydrogens is 354 g/mol. The first kappa shape index (κ1) is 20.4. The van der Waals surface area contributed by atoms with E-state index in [-0.39, 0.29) is 16.7 Å². The van der Waals surface area contributed by atoms with Crippen molar-refractivity contribution in [3.05, 3.63) is 29.8 Å². The van der Waals surface area contributed by atoms with Gasteiger partial charge in [-0.1, -0.05) is 12.5 Å². The Kier molecular flexibility index (Phi) is 7.16. The molecule has 0 saturated carbocycles. The van der Waals surface area contributed by atoms with Gasteiger partial charge in [-0.25, -0.2) is 12.7 Å². The van der Waals surface area contributed by atoms with Gasteiger partial charge in [0, 0.05) is 45.7 Å². The second kappa shape index (κ2) is 9.14. The van der Waals surface area contributed by atoms with Crippen molar-refractivity contribution >= 4 is 21.8 Å². The largest absolute Gasteiger partial charge is 0.352 e. The molecule has 0 atom stereocenters. The Morgan fingerprint density at radius 2 is 2.00 bits per heavy atom. The fourth-order valence-electron chi connectivity index (χ4n) is 2.86. The van der Waals surface area contributed by atoms with E-state index in [4.69, 9.17) is 0 Å². The van der Waals surface area contributed by atoms with Gasteiger partial charge >= 0.3 is 0 Å². The van der Waals surface area contributed by atoms with Gasteiger partial charge in [-0.3, -0.25) is 9.59 Å². The molecule has 1 heterocycles. The first-order valence-corrected chi connectivity index (χ1v) is 10.3. The molecule has 1 aliphatic heterocycles. The zero-order valence-electron chi connectivity index (χ0n) is 15.4. The summed E-state index contributed by atoms with van der Waals surface area (Å²) in [4.78, 5) is 26.1. The van der Waals surface area contributed by atoms with Crippen LogP contribution < -0.4 is 5.32 Å². The van der Waals surface area contributed by atoms with Crippen molar-refractivity contribution in [2.45, 2.75) is 37.0 Å². The van der Waals surface area contributed by atoms with E-state index in [1.165, 1.54) is 26.2 Å². The summed E-state index contributed by atoms with van der Waals surface area (Å²) in [5, 5.41) is 2.79. The van der Waals surface area contributed by atoms with Gasteiger partial charge in [0.05, 0.1) is 4.90 Å². The van der Waals surface area contributed by atoms with Crippen molar-refractivity contribution in [1.82, 2.24) is 14.5 Å². The Morgan fingerprint density at radius 1 is 1.23 bits per heavy atom. The minimum absolute atomic E-state index is 0.0883. The van der Waals surface area contributed by atoms with Crippen molar-refractivity contribution < 1.29 is 18.0 Å². The standard InChI is InChI=1S/C18H27N3O4S/c1-20(2)26(24,25)16-9-6-8-15(14-16)18(23)19-11-7-13-21-12-5-3-4-10-17(21)22/h6,8-9,14H,3-5,7,10-13H2,1-2H3,(H,19,23). The summed E-state index contributed by atoms with van der Waals surface area (Å²) >= 11 is 0. The van der Waals surface area contributed by atoms with Crippen LogP contribution >= 0.6 is 0 Å². The number of likely N-dealkylation sites (tertiary alicyclic amines) is 1. The van der Waals surface area contributed by atoms with Crippen LogP contribution in [0, 0.1) is 0 Å². The molecule has 1 aromatic rings. The average molecular weight is 381 g/mol. The Morgan fingerprint density at radius 3 is 2.73 bits per heavy atom. The lowest BCUT2D eigenvalue weighted by Crippen LogP contribution is -2.34. The molecule has 0 aromatic heterocycles. The van der Waals surface area contributed by atoms with Crippen LogP contribution in [0.15, 0.2) is 29.2 Å². The molecule has 8 heteroatoms. The molecule has 1 saturated heterocycles. The van der Waals surface area contributed by atoms with Gasteiger partial charge in [0.15, 0.2) is 0 Å². The first-order valence-electron chi connectivity index (χ1n) is 8.91. The highest BCUT2D eigenvalue weighted by Gasteiger charge is 2.19. The molecule has 1 fully saturated rings. The van der Waals surface area contributed by atoms with Crippen LogP contribution in [0.4, 0.5) is 0 Å². The zero-order chi connectivity index (χ0) is 19.2. The van der Waals surface area contributed by atoms with E-state index in [9.17, 15) is 18.0 Å². The third-order valence-corrected chi connectivity index (χ3v) is 6.25. The summed E-state index contributed by atoms with van der Waals surface area (Å²) < 4.78 is 25.4. The van der Waals surface area contributed by atoms with Crippen LogP contribution in [0.5, 0.6) is 0 Å². The van der Waals surface area contributed by atoms with Crippen molar-refractivity contribution in [3.63, 3.8) is 0 Å². The molecule has 0 bridgehead atoms. The van der Waals surface area contributed by atoms with Crippen LogP contribution in [-0.4, -0.2) is 63.2 Å². The highest BCUT2D eigenvalue weighted by Crippen LogP contribution is 2.15. The molecule has 2 rings (SSSR count). The van der Waals surface area contributed by atoms with E-state index in [1.54, 1.807) is 12.1 Å². The molecule has 1 N–H and O–H groups in total. The van der Waals surface area contributed by atoms with Crippen molar-refractivity contribution in [2.24, 2.45) is 0 Å². The third kappa shape index (κ3) is 5.28. The lowest BCUT2D eigenvalue weighted by molar-refractivity contribution is -0.130. The Bertz CT molecular complexity index is 747. The van der Waals surface area contributed by atoms with Crippen LogP contribution in [0.25, 0.3) is 0 Å². The second-order valence-corrected chi connectivity index (χ2v) is 8.77. The maximum Gasteiger partial charge on any atom is 0.251 e. The van der Waals surface area contributed by atoms with E-state index in [1.807, 2.05) is 4.90 Å². The van der Waals surface area contributed by atoms with Gasteiger partial charge in [-0.15, -0.1) is 0 Å². The lowest BCUT2D eigenvalue weighted by atomic mass is 10.2. The molecule has 1 aromatic carbocycles. The van der Waals surface area contributed by atoms with Gasteiger partial charge < -0.3 is 10.2 Å². The lowest BCUT2D eigenvalue weighted by Gasteiger charge is -2.20. The molecule has 2 amide bonds. The number of rotatable bonds is 7. The summed E-state index contributed by atoms with van der Waals surface area (Å²) in [6, 6.07) is 5.99. The van der Waals surface area contributed by atoms with E-state index in [0.29, 0.717) is 31.5 Å². The van der Waals surface area contributed by atoms with Gasteiger partial charge in [0.25, 0.3) is 5.91 Å². The monoisotopic (exact) mass is 381 g/mol. The molecule has 144 valence electrons. The maximum absolute atomic E-state index is 12.3. The Labute approximate surface area is 155 Å². The molecule has 7 nitrogen and oxygen atoms in total. The molecule has 0 aliphatic carbocycles. The molecule has 1 aliphatic rings. The Hall–Kier alpha value is -1.93. The predicted octanol–water partition coefficient (Wildman–Crippen LogP) is 1.46. The van der Waals surface area contributed by atoms with Crippen LogP contribution in [0.3, 0.4) is 0 Å². The highest BCUT2D eigenvalue weighted by molar-refractivity contribution is 7.89. The number of hydrogen-bond donors (Lipinski definition) is 1. The second-order valence-electron chi connectivity index (χ2n) is 6.62. The number of hydrogen-bond acceptors (Lipinski definition) is 4. The van der Waals surface area contributed by atoms with E-state index in [2.05, 4.69) is 5.32 Å². The topological polar surface area (TPSA) is 86.8 Å². The van der Waals surface area contributed by atoms with Gasteiger partial charge in [0.1, 0.15) is 0 Å². The number of carbonyl (C=O) groups excluding carboxylic acids is 2. The summed E-state index contributed by atoms with van der Waals surface area (Å²) in [6.45, 7) is 1.86. The fraction of sp³-hybridized carbons (Fsp3) is 0.556. The zero-order valence-corrected chi connectivity index (χ0v) is 16.2. The molecule has 0 radical (unpaired) electrons. The van der Waals surface area contributed by atoms with E-state index >= 15 is 0 Å². The molecule has 0 unspecified atom stereocenters. The first-order chi connectivity index (χ1) is 12.3.